The normalized spacial score (nSPS) is 15.4. The lowest BCUT2D eigenvalue weighted by Gasteiger charge is -2.23. The Bertz CT molecular complexity index is 1160. The average Bonchev–Trinajstić information content (AvgIpc) is 2.90. The summed E-state index contributed by atoms with van der Waals surface area (Å²) < 4.78 is 24.7. The molecule has 7 heteroatoms. The van der Waals surface area contributed by atoms with Crippen LogP contribution in [0.25, 0.3) is 0 Å². The number of rotatable bonds is 5. The molecule has 1 unspecified atom stereocenters. The number of anilines is 1. The Hall–Kier alpha value is -3.87. The van der Waals surface area contributed by atoms with E-state index >= 15 is 0 Å². The Morgan fingerprint density at radius 3 is 2.75 bits per heavy atom. The van der Waals surface area contributed by atoms with Crippen molar-refractivity contribution in [3.05, 3.63) is 89.2 Å². The molecule has 1 aliphatic rings. The van der Waals surface area contributed by atoms with Gasteiger partial charge in [-0.25, -0.2) is 4.39 Å². The van der Waals surface area contributed by atoms with Gasteiger partial charge in [0.2, 0.25) is 0 Å². The second kappa shape index (κ2) is 9.09. The third kappa shape index (κ3) is 4.56. The van der Waals surface area contributed by atoms with Crippen LogP contribution < -0.4 is 14.8 Å². The predicted octanol–water partition coefficient (Wildman–Crippen LogP) is 4.40. The minimum atomic E-state index is -0.654. The summed E-state index contributed by atoms with van der Waals surface area (Å²) in [5.74, 6) is 0.241. The molecule has 0 saturated carbocycles. The second-order valence-electron chi connectivity index (χ2n) is 7.55. The molecule has 1 aliphatic heterocycles. The summed E-state index contributed by atoms with van der Waals surface area (Å²) in [6.45, 7) is 2.38. The van der Waals surface area contributed by atoms with E-state index in [0.29, 0.717) is 30.3 Å². The summed E-state index contributed by atoms with van der Waals surface area (Å²) in [7, 11) is 1.59. The van der Waals surface area contributed by atoms with Crippen LogP contribution in [0.5, 0.6) is 11.5 Å². The molecule has 32 heavy (non-hydrogen) atoms. The average molecular weight is 434 g/mol. The van der Waals surface area contributed by atoms with E-state index in [9.17, 15) is 14.0 Å². The first-order chi connectivity index (χ1) is 15.4. The van der Waals surface area contributed by atoms with E-state index in [1.54, 1.807) is 43.2 Å². The maximum atomic E-state index is 13.4. The number of benzene rings is 3. The summed E-state index contributed by atoms with van der Waals surface area (Å²) in [6, 6.07) is 18.2. The molecule has 3 aromatic rings. The molecule has 1 N–H and O–H groups in total. The first-order valence-corrected chi connectivity index (χ1v) is 10.2. The molecule has 0 radical (unpaired) electrons. The Morgan fingerprint density at radius 2 is 1.97 bits per heavy atom. The van der Waals surface area contributed by atoms with Crippen molar-refractivity contribution in [2.75, 3.05) is 12.4 Å². The summed E-state index contributed by atoms with van der Waals surface area (Å²) in [4.78, 5) is 27.1. The van der Waals surface area contributed by atoms with Gasteiger partial charge in [0, 0.05) is 35.5 Å². The van der Waals surface area contributed by atoms with E-state index < -0.39 is 17.8 Å². The number of nitrogens with zero attached hydrogens (tertiary/aromatic N) is 1. The number of para-hydroxylation sites is 1. The zero-order valence-corrected chi connectivity index (χ0v) is 17.8. The first kappa shape index (κ1) is 21.4. The van der Waals surface area contributed by atoms with Gasteiger partial charge in [-0.3, -0.25) is 9.59 Å². The summed E-state index contributed by atoms with van der Waals surface area (Å²) in [6.07, 6.45) is -0.654. The lowest BCUT2D eigenvalue weighted by Crippen LogP contribution is -2.37. The standard InChI is InChI=1S/C25H23FN2O4/c1-16-25(30)28(14-18-6-3-4-9-22(18)31-2)15-19-13-21(10-11-23(19)32-16)27-24(29)17-7-5-8-20(26)12-17/h3-13,16H,14-15H2,1-2H3,(H,27,29). The minimum Gasteiger partial charge on any atom is -0.496 e. The molecule has 0 aromatic heterocycles. The van der Waals surface area contributed by atoms with Gasteiger partial charge in [0.15, 0.2) is 6.10 Å². The molecule has 0 fully saturated rings. The number of carbonyl (C=O) groups is 2. The van der Waals surface area contributed by atoms with Crippen molar-refractivity contribution in [2.24, 2.45) is 0 Å². The van der Waals surface area contributed by atoms with Crippen LogP contribution in [0.2, 0.25) is 0 Å². The number of ether oxygens (including phenoxy) is 2. The van der Waals surface area contributed by atoms with Gasteiger partial charge in [-0.1, -0.05) is 24.3 Å². The van der Waals surface area contributed by atoms with Gasteiger partial charge in [-0.15, -0.1) is 0 Å². The zero-order chi connectivity index (χ0) is 22.7. The van der Waals surface area contributed by atoms with E-state index in [2.05, 4.69) is 5.32 Å². The molecule has 0 aliphatic carbocycles. The fourth-order valence-electron chi connectivity index (χ4n) is 3.68. The number of hydrogen-bond acceptors (Lipinski definition) is 4. The van der Waals surface area contributed by atoms with Crippen LogP contribution in [0.4, 0.5) is 10.1 Å². The fourth-order valence-corrected chi connectivity index (χ4v) is 3.68. The molecule has 3 aromatic carbocycles. The van der Waals surface area contributed by atoms with Crippen LogP contribution in [0.1, 0.15) is 28.4 Å². The molecule has 6 nitrogen and oxygen atoms in total. The SMILES string of the molecule is COc1ccccc1CN1Cc2cc(NC(=O)c3cccc(F)c3)ccc2OC(C)C1=O. The Labute approximate surface area is 185 Å². The van der Waals surface area contributed by atoms with Crippen LogP contribution in [-0.4, -0.2) is 29.9 Å². The smallest absolute Gasteiger partial charge is 0.263 e. The van der Waals surface area contributed by atoms with Gasteiger partial charge in [0.1, 0.15) is 17.3 Å². The quantitative estimate of drug-likeness (QED) is 0.647. The molecular formula is C25H23FN2O4. The molecule has 4 rings (SSSR count). The van der Waals surface area contributed by atoms with Gasteiger partial charge in [-0.2, -0.15) is 0 Å². The van der Waals surface area contributed by atoms with Crippen molar-refractivity contribution in [1.82, 2.24) is 4.90 Å². The molecule has 1 heterocycles. The lowest BCUT2D eigenvalue weighted by molar-refractivity contribution is -0.138. The highest BCUT2D eigenvalue weighted by Gasteiger charge is 2.28. The van der Waals surface area contributed by atoms with Gasteiger partial charge in [-0.05, 0) is 49.4 Å². The van der Waals surface area contributed by atoms with Crippen molar-refractivity contribution in [3.63, 3.8) is 0 Å². The van der Waals surface area contributed by atoms with Crippen molar-refractivity contribution in [2.45, 2.75) is 26.1 Å². The maximum absolute atomic E-state index is 13.4. The number of carbonyl (C=O) groups excluding carboxylic acids is 2. The highest BCUT2D eigenvalue weighted by molar-refractivity contribution is 6.04. The van der Waals surface area contributed by atoms with Crippen LogP contribution >= 0.6 is 0 Å². The number of halogens is 1. The largest absolute Gasteiger partial charge is 0.496 e. The number of amides is 2. The highest BCUT2D eigenvalue weighted by atomic mass is 19.1. The zero-order valence-electron chi connectivity index (χ0n) is 17.8. The summed E-state index contributed by atoms with van der Waals surface area (Å²) in [5.41, 5.74) is 2.39. The maximum Gasteiger partial charge on any atom is 0.263 e. The van der Waals surface area contributed by atoms with E-state index in [4.69, 9.17) is 9.47 Å². The molecule has 0 spiro atoms. The Kier molecular flexibility index (Phi) is 6.07. The fraction of sp³-hybridized carbons (Fsp3) is 0.200. The van der Waals surface area contributed by atoms with Crippen LogP contribution in [0.15, 0.2) is 66.7 Å². The number of hydrogen-bond donors (Lipinski definition) is 1. The monoisotopic (exact) mass is 434 g/mol. The van der Waals surface area contributed by atoms with E-state index in [-0.39, 0.29) is 11.5 Å². The molecule has 1 atom stereocenters. The molecule has 164 valence electrons. The minimum absolute atomic E-state index is 0.141. The molecular weight excluding hydrogens is 411 g/mol. The Morgan fingerprint density at radius 1 is 1.16 bits per heavy atom. The third-order valence-corrected chi connectivity index (χ3v) is 5.28. The third-order valence-electron chi connectivity index (χ3n) is 5.28. The molecule has 2 amide bonds. The van der Waals surface area contributed by atoms with Gasteiger partial charge in [0.05, 0.1) is 7.11 Å². The lowest BCUT2D eigenvalue weighted by atomic mass is 10.1. The van der Waals surface area contributed by atoms with Crippen LogP contribution in [0, 0.1) is 5.82 Å². The summed E-state index contributed by atoms with van der Waals surface area (Å²) >= 11 is 0. The van der Waals surface area contributed by atoms with Crippen LogP contribution in [0.3, 0.4) is 0 Å². The van der Waals surface area contributed by atoms with Gasteiger partial charge >= 0.3 is 0 Å². The van der Waals surface area contributed by atoms with Crippen molar-refractivity contribution in [1.29, 1.82) is 0 Å². The van der Waals surface area contributed by atoms with Crippen molar-refractivity contribution in [3.8, 4) is 11.5 Å². The van der Waals surface area contributed by atoms with Gasteiger partial charge < -0.3 is 19.7 Å². The molecule has 0 bridgehead atoms. The second-order valence-corrected chi connectivity index (χ2v) is 7.55. The topological polar surface area (TPSA) is 67.9 Å². The van der Waals surface area contributed by atoms with Crippen LogP contribution in [-0.2, 0) is 17.9 Å². The van der Waals surface area contributed by atoms with E-state index in [1.165, 1.54) is 18.2 Å². The Balaban J connectivity index is 1.58. The van der Waals surface area contributed by atoms with E-state index in [1.807, 2.05) is 24.3 Å². The number of fused-ring (bicyclic) bond motifs is 1. The molecule has 0 saturated heterocycles. The number of methoxy groups -OCH3 is 1. The van der Waals surface area contributed by atoms with E-state index in [0.717, 1.165) is 11.1 Å². The predicted molar refractivity (Wildman–Crippen MR) is 118 cm³/mol. The van der Waals surface area contributed by atoms with Gasteiger partial charge in [0.25, 0.3) is 11.8 Å². The van der Waals surface area contributed by atoms with Crippen molar-refractivity contribution >= 4 is 17.5 Å². The highest BCUT2D eigenvalue weighted by Crippen LogP contribution is 2.30. The first-order valence-electron chi connectivity index (χ1n) is 10.2. The summed E-state index contributed by atoms with van der Waals surface area (Å²) in [5, 5.41) is 2.78. The number of nitrogens with one attached hydrogen (secondary N) is 1. The van der Waals surface area contributed by atoms with Crippen molar-refractivity contribution < 1.29 is 23.5 Å².